The van der Waals surface area contributed by atoms with Gasteiger partial charge in [-0.3, -0.25) is 0 Å². The molecule has 0 atom stereocenters. The fourth-order valence-corrected chi connectivity index (χ4v) is 2.39. The minimum atomic E-state index is -4.54. The first kappa shape index (κ1) is 15.7. The van der Waals surface area contributed by atoms with Gasteiger partial charge < -0.3 is 9.67 Å². The van der Waals surface area contributed by atoms with E-state index in [2.05, 4.69) is 5.92 Å². The van der Waals surface area contributed by atoms with Gasteiger partial charge >= 0.3 is 12.1 Å². The van der Waals surface area contributed by atoms with Crippen molar-refractivity contribution in [2.24, 2.45) is 0 Å². The summed E-state index contributed by atoms with van der Waals surface area (Å²) in [7, 11) is 0. The van der Waals surface area contributed by atoms with E-state index in [-0.39, 0.29) is 28.9 Å². The molecule has 1 heterocycles. The number of benzene rings is 1. The van der Waals surface area contributed by atoms with E-state index in [0.717, 1.165) is 6.07 Å². The van der Waals surface area contributed by atoms with E-state index in [9.17, 15) is 18.0 Å². The van der Waals surface area contributed by atoms with Crippen LogP contribution in [0, 0.1) is 19.3 Å². The summed E-state index contributed by atoms with van der Waals surface area (Å²) in [4.78, 5) is 11.2. The normalized spacial score (nSPS) is 11.2. The monoisotopic (exact) mass is 307 g/mol. The van der Waals surface area contributed by atoms with Crippen LogP contribution < -0.4 is 0 Å². The number of hydrogen-bond donors (Lipinski definition) is 1. The first-order chi connectivity index (χ1) is 10.3. The molecule has 0 amide bonds. The van der Waals surface area contributed by atoms with Crippen LogP contribution in [0.25, 0.3) is 11.3 Å². The highest BCUT2D eigenvalue weighted by Crippen LogP contribution is 2.39. The molecule has 0 unspecified atom stereocenters. The molecule has 0 spiro atoms. The third-order valence-electron chi connectivity index (χ3n) is 3.31. The zero-order chi connectivity index (χ0) is 16.5. The molecule has 2 rings (SSSR count). The zero-order valence-electron chi connectivity index (χ0n) is 11.6. The second kappa shape index (κ2) is 5.60. The smallest absolute Gasteiger partial charge is 0.417 e. The van der Waals surface area contributed by atoms with E-state index in [1.807, 2.05) is 0 Å². The summed E-state index contributed by atoms with van der Waals surface area (Å²) >= 11 is 0. The molecule has 22 heavy (non-hydrogen) atoms. The van der Waals surface area contributed by atoms with Gasteiger partial charge in [-0.1, -0.05) is 24.1 Å². The number of nitrogens with zero attached hydrogens (tertiary/aromatic N) is 1. The molecule has 0 aliphatic carbocycles. The molecule has 0 aliphatic rings. The number of terminal acetylenes is 1. The Bertz CT molecular complexity index is 767. The highest BCUT2D eigenvalue weighted by molar-refractivity contribution is 5.92. The first-order valence-corrected chi connectivity index (χ1v) is 6.30. The molecule has 114 valence electrons. The largest absolute Gasteiger partial charge is 0.478 e. The molecule has 1 aromatic heterocycles. The maximum atomic E-state index is 13.2. The predicted molar refractivity (Wildman–Crippen MR) is 75.4 cm³/mol. The van der Waals surface area contributed by atoms with Crippen molar-refractivity contribution >= 4 is 5.97 Å². The number of alkyl halides is 3. The van der Waals surface area contributed by atoms with Crippen molar-refractivity contribution in [1.29, 1.82) is 0 Å². The molecule has 3 nitrogen and oxygen atoms in total. The quantitative estimate of drug-likeness (QED) is 0.876. The second-order valence-corrected chi connectivity index (χ2v) is 4.70. The van der Waals surface area contributed by atoms with Crippen LogP contribution in [0.1, 0.15) is 21.5 Å². The summed E-state index contributed by atoms with van der Waals surface area (Å²) in [6, 6.07) is 5.03. The molecule has 0 aliphatic heterocycles. The van der Waals surface area contributed by atoms with Crippen molar-refractivity contribution in [3.63, 3.8) is 0 Å². The Labute approximate surface area is 125 Å². The Morgan fingerprint density at radius 1 is 1.36 bits per heavy atom. The van der Waals surface area contributed by atoms with Gasteiger partial charge in [0.1, 0.15) is 0 Å². The highest BCUT2D eigenvalue weighted by Gasteiger charge is 2.34. The van der Waals surface area contributed by atoms with Gasteiger partial charge in [0.15, 0.2) is 0 Å². The number of aromatic carboxylic acids is 1. The molecule has 0 radical (unpaired) electrons. The number of aromatic nitrogens is 1. The standard InChI is InChI=1S/C16H12F3NO2/c1-3-8-20-9-12(15(21)22)10(2)14(20)11-6-4-5-7-13(11)16(17,18)19/h1,4-7,9H,8H2,2H3,(H,21,22). The van der Waals surface area contributed by atoms with Crippen LogP contribution in [0.15, 0.2) is 30.5 Å². The van der Waals surface area contributed by atoms with E-state index in [0.29, 0.717) is 0 Å². The van der Waals surface area contributed by atoms with Gasteiger partial charge in [0.05, 0.1) is 23.4 Å². The average Bonchev–Trinajstić information content (AvgIpc) is 2.75. The van der Waals surface area contributed by atoms with Crippen LogP contribution in [0.2, 0.25) is 0 Å². The Balaban J connectivity index is 2.78. The Kier molecular flexibility index (Phi) is 4.00. The van der Waals surface area contributed by atoms with E-state index in [1.165, 1.54) is 35.9 Å². The van der Waals surface area contributed by atoms with Crippen molar-refractivity contribution in [1.82, 2.24) is 4.57 Å². The van der Waals surface area contributed by atoms with Gasteiger partial charge in [-0.2, -0.15) is 13.2 Å². The Morgan fingerprint density at radius 3 is 2.55 bits per heavy atom. The fourth-order valence-electron chi connectivity index (χ4n) is 2.39. The van der Waals surface area contributed by atoms with Crippen LogP contribution in [0.5, 0.6) is 0 Å². The van der Waals surface area contributed by atoms with Crippen molar-refractivity contribution < 1.29 is 23.1 Å². The van der Waals surface area contributed by atoms with Crippen LogP contribution in [-0.2, 0) is 12.7 Å². The number of carbonyl (C=O) groups is 1. The van der Waals surface area contributed by atoms with Gasteiger partial charge in [-0.25, -0.2) is 4.79 Å². The maximum absolute atomic E-state index is 13.2. The lowest BCUT2D eigenvalue weighted by Gasteiger charge is -2.15. The van der Waals surface area contributed by atoms with Gasteiger partial charge in [-0.15, -0.1) is 6.42 Å². The first-order valence-electron chi connectivity index (χ1n) is 6.30. The average molecular weight is 307 g/mol. The SMILES string of the molecule is C#CCn1cc(C(=O)O)c(C)c1-c1ccccc1C(F)(F)F. The summed E-state index contributed by atoms with van der Waals surface area (Å²) in [6.07, 6.45) is 1.95. The highest BCUT2D eigenvalue weighted by atomic mass is 19.4. The number of carboxylic acids is 1. The summed E-state index contributed by atoms with van der Waals surface area (Å²) in [6.45, 7) is 1.45. The summed E-state index contributed by atoms with van der Waals surface area (Å²) in [5.41, 5.74) is -0.563. The lowest BCUT2D eigenvalue weighted by Crippen LogP contribution is -2.09. The second-order valence-electron chi connectivity index (χ2n) is 4.70. The van der Waals surface area contributed by atoms with Gasteiger partial charge in [0, 0.05) is 11.8 Å². The molecule has 1 aromatic carbocycles. The van der Waals surface area contributed by atoms with Crippen molar-refractivity contribution in [3.05, 3.63) is 47.2 Å². The van der Waals surface area contributed by atoms with Crippen LogP contribution in [0.3, 0.4) is 0 Å². The third kappa shape index (κ3) is 2.70. The van der Waals surface area contributed by atoms with E-state index in [4.69, 9.17) is 11.5 Å². The summed E-state index contributed by atoms with van der Waals surface area (Å²) in [5, 5.41) is 9.16. The number of carboxylic acid groups (broad SMARTS) is 1. The Hall–Kier alpha value is -2.68. The molecular weight excluding hydrogens is 295 g/mol. The van der Waals surface area contributed by atoms with Crippen LogP contribution in [0.4, 0.5) is 13.2 Å². The predicted octanol–water partition coefficient (Wildman–Crippen LogP) is 3.81. The lowest BCUT2D eigenvalue weighted by molar-refractivity contribution is -0.137. The number of hydrogen-bond acceptors (Lipinski definition) is 1. The molecule has 0 fully saturated rings. The van der Waals surface area contributed by atoms with Gasteiger partial charge in [0.25, 0.3) is 0 Å². The minimum Gasteiger partial charge on any atom is -0.478 e. The molecular formula is C16H12F3NO2. The summed E-state index contributed by atoms with van der Waals surface area (Å²) in [5.74, 6) is 1.11. The van der Waals surface area contributed by atoms with Crippen molar-refractivity contribution in [2.75, 3.05) is 0 Å². The third-order valence-corrected chi connectivity index (χ3v) is 3.31. The molecule has 6 heteroatoms. The van der Waals surface area contributed by atoms with Gasteiger partial charge in [0.2, 0.25) is 0 Å². The maximum Gasteiger partial charge on any atom is 0.417 e. The zero-order valence-corrected chi connectivity index (χ0v) is 11.6. The van der Waals surface area contributed by atoms with Crippen LogP contribution in [-0.4, -0.2) is 15.6 Å². The van der Waals surface area contributed by atoms with E-state index < -0.39 is 17.7 Å². The minimum absolute atomic E-state index is 0.0182. The molecule has 0 saturated carbocycles. The van der Waals surface area contributed by atoms with E-state index in [1.54, 1.807) is 0 Å². The molecule has 0 saturated heterocycles. The fraction of sp³-hybridized carbons (Fsp3) is 0.188. The van der Waals surface area contributed by atoms with Crippen LogP contribution >= 0.6 is 0 Å². The number of rotatable bonds is 3. The molecule has 0 bridgehead atoms. The van der Waals surface area contributed by atoms with Crippen molar-refractivity contribution in [2.45, 2.75) is 19.6 Å². The lowest BCUT2D eigenvalue weighted by atomic mass is 10.00. The Morgan fingerprint density at radius 2 is 2.00 bits per heavy atom. The molecule has 2 aromatic rings. The number of halogens is 3. The summed E-state index contributed by atoms with van der Waals surface area (Å²) < 4.78 is 40.9. The van der Waals surface area contributed by atoms with Gasteiger partial charge in [-0.05, 0) is 18.6 Å². The molecule has 1 N–H and O–H groups in total. The topological polar surface area (TPSA) is 42.2 Å². The van der Waals surface area contributed by atoms with E-state index >= 15 is 0 Å². The van der Waals surface area contributed by atoms with Crippen molar-refractivity contribution in [3.8, 4) is 23.6 Å².